The van der Waals surface area contributed by atoms with Crippen LogP contribution in [0.4, 0.5) is 0 Å². The van der Waals surface area contributed by atoms with Gasteiger partial charge in [0.25, 0.3) is 0 Å². The number of hydrogen-bond donors (Lipinski definition) is 0. The van der Waals surface area contributed by atoms with Crippen LogP contribution in [0, 0.1) is 0 Å². The minimum atomic E-state index is -0.411. The predicted molar refractivity (Wildman–Crippen MR) is 81.2 cm³/mol. The fourth-order valence-corrected chi connectivity index (χ4v) is 2.33. The Hall–Kier alpha value is -2.96. The molecule has 3 rings (SSSR count). The summed E-state index contributed by atoms with van der Waals surface area (Å²) in [6, 6.07) is 5.38. The Morgan fingerprint density at radius 1 is 1.04 bits per heavy atom. The number of benzene rings is 1. The maximum atomic E-state index is 11.1. The highest BCUT2D eigenvalue weighted by atomic mass is 16.7. The van der Waals surface area contributed by atoms with E-state index >= 15 is 0 Å². The summed E-state index contributed by atoms with van der Waals surface area (Å²) in [6.07, 6.45) is 1.49. The van der Waals surface area contributed by atoms with Crippen molar-refractivity contribution >= 4 is 11.9 Å². The summed E-state index contributed by atoms with van der Waals surface area (Å²) >= 11 is 0. The van der Waals surface area contributed by atoms with Gasteiger partial charge in [0.05, 0.1) is 6.26 Å². The van der Waals surface area contributed by atoms with E-state index in [1.54, 1.807) is 12.1 Å². The summed E-state index contributed by atoms with van der Waals surface area (Å²) < 4.78 is 26.4. The number of furan rings is 1. The Morgan fingerprint density at radius 2 is 1.75 bits per heavy atom. The summed E-state index contributed by atoms with van der Waals surface area (Å²) in [5.41, 5.74) is 2.03. The van der Waals surface area contributed by atoms with Gasteiger partial charge in [0.2, 0.25) is 6.79 Å². The normalized spacial score (nSPS) is 12.1. The second-order valence-electron chi connectivity index (χ2n) is 5.20. The van der Waals surface area contributed by atoms with Gasteiger partial charge in [-0.1, -0.05) is 0 Å². The minimum Gasteiger partial charge on any atom is -0.463 e. The zero-order chi connectivity index (χ0) is 17.1. The van der Waals surface area contributed by atoms with Crippen LogP contribution < -0.4 is 9.47 Å². The van der Waals surface area contributed by atoms with Gasteiger partial charge in [-0.2, -0.15) is 0 Å². The van der Waals surface area contributed by atoms with Crippen LogP contribution in [-0.2, 0) is 32.3 Å². The van der Waals surface area contributed by atoms with Crippen molar-refractivity contribution in [2.45, 2.75) is 27.1 Å². The van der Waals surface area contributed by atoms with E-state index in [-0.39, 0.29) is 20.0 Å². The maximum absolute atomic E-state index is 11.1. The monoisotopic (exact) mass is 332 g/mol. The van der Waals surface area contributed by atoms with Gasteiger partial charge in [-0.05, 0) is 18.2 Å². The van der Waals surface area contributed by atoms with Gasteiger partial charge in [0.1, 0.15) is 19.0 Å². The van der Waals surface area contributed by atoms with Crippen LogP contribution in [0.15, 0.2) is 28.9 Å². The molecule has 0 saturated heterocycles. The molecule has 0 spiro atoms. The third-order valence-electron chi connectivity index (χ3n) is 3.47. The van der Waals surface area contributed by atoms with Crippen molar-refractivity contribution in [2.75, 3.05) is 6.79 Å². The molecule has 2 aromatic rings. The molecule has 0 bridgehead atoms. The number of ether oxygens (including phenoxy) is 4. The Balaban J connectivity index is 1.93. The maximum Gasteiger partial charge on any atom is 0.302 e. The molecule has 1 aliphatic rings. The largest absolute Gasteiger partial charge is 0.463 e. The zero-order valence-corrected chi connectivity index (χ0v) is 13.3. The minimum absolute atomic E-state index is 0.0200. The molecule has 1 aromatic heterocycles. The first-order chi connectivity index (χ1) is 11.5. The van der Waals surface area contributed by atoms with E-state index in [0.29, 0.717) is 28.4 Å². The fourth-order valence-electron chi connectivity index (χ4n) is 2.33. The molecule has 0 atom stereocenters. The van der Waals surface area contributed by atoms with Crippen molar-refractivity contribution in [3.8, 4) is 22.8 Å². The lowest BCUT2D eigenvalue weighted by Crippen LogP contribution is -2.04. The lowest BCUT2D eigenvalue weighted by atomic mass is 10.1. The molecule has 0 fully saturated rings. The summed E-state index contributed by atoms with van der Waals surface area (Å²) in [5, 5.41) is 0. The molecule has 1 aromatic carbocycles. The fraction of sp³-hybridized carbons (Fsp3) is 0.294. The van der Waals surface area contributed by atoms with E-state index in [1.165, 1.54) is 20.1 Å². The van der Waals surface area contributed by atoms with Crippen molar-refractivity contribution in [1.29, 1.82) is 0 Å². The van der Waals surface area contributed by atoms with Crippen molar-refractivity contribution in [2.24, 2.45) is 0 Å². The van der Waals surface area contributed by atoms with Crippen molar-refractivity contribution in [1.82, 2.24) is 0 Å². The first-order valence-electron chi connectivity index (χ1n) is 7.30. The van der Waals surface area contributed by atoms with Crippen LogP contribution in [0.25, 0.3) is 11.3 Å². The van der Waals surface area contributed by atoms with Gasteiger partial charge < -0.3 is 23.4 Å². The number of fused-ring (bicyclic) bond motifs is 1. The summed E-state index contributed by atoms with van der Waals surface area (Å²) in [5.74, 6) is 0.984. The Bertz CT molecular complexity index is 775. The van der Waals surface area contributed by atoms with E-state index in [4.69, 9.17) is 23.4 Å². The molecule has 2 heterocycles. The molecule has 1 aliphatic heterocycles. The number of hydrogen-bond acceptors (Lipinski definition) is 7. The van der Waals surface area contributed by atoms with E-state index in [0.717, 1.165) is 5.56 Å². The molecule has 7 nitrogen and oxygen atoms in total. The third-order valence-corrected chi connectivity index (χ3v) is 3.47. The van der Waals surface area contributed by atoms with Crippen molar-refractivity contribution in [3.05, 3.63) is 35.6 Å². The zero-order valence-electron chi connectivity index (χ0n) is 13.3. The van der Waals surface area contributed by atoms with Crippen LogP contribution in [0.1, 0.15) is 25.0 Å². The first-order valence-corrected chi connectivity index (χ1v) is 7.30. The van der Waals surface area contributed by atoms with E-state index in [9.17, 15) is 9.59 Å². The van der Waals surface area contributed by atoms with Crippen LogP contribution >= 0.6 is 0 Å². The van der Waals surface area contributed by atoms with Crippen molar-refractivity contribution < 1.29 is 33.0 Å². The average molecular weight is 332 g/mol. The first kappa shape index (κ1) is 15.9. The highest BCUT2D eigenvalue weighted by Crippen LogP contribution is 2.38. The summed E-state index contributed by atoms with van der Waals surface area (Å²) in [7, 11) is 0. The Kier molecular flexibility index (Phi) is 4.41. The molecule has 0 unspecified atom stereocenters. The lowest BCUT2D eigenvalue weighted by molar-refractivity contribution is -0.143. The molecule has 0 amide bonds. The van der Waals surface area contributed by atoms with Gasteiger partial charge in [-0.15, -0.1) is 0 Å². The number of carbonyl (C=O) groups excluding carboxylic acids is 2. The number of esters is 2. The smallest absolute Gasteiger partial charge is 0.302 e. The van der Waals surface area contributed by atoms with Gasteiger partial charge >= 0.3 is 11.9 Å². The molecular weight excluding hydrogens is 316 g/mol. The van der Waals surface area contributed by atoms with Gasteiger partial charge in [-0.25, -0.2) is 0 Å². The van der Waals surface area contributed by atoms with E-state index in [2.05, 4.69) is 0 Å². The number of carbonyl (C=O) groups is 2. The SMILES string of the molecule is CC(=O)OCc1coc(-c2ccc3c(c2)OCO3)c1COC(C)=O. The van der Waals surface area contributed by atoms with Crippen LogP contribution in [0.5, 0.6) is 11.5 Å². The molecule has 24 heavy (non-hydrogen) atoms. The molecule has 0 N–H and O–H groups in total. The van der Waals surface area contributed by atoms with Crippen LogP contribution in [-0.4, -0.2) is 18.7 Å². The molecular formula is C17H16O7. The Labute approximate surface area is 138 Å². The summed E-state index contributed by atoms with van der Waals surface area (Å²) in [4.78, 5) is 22.2. The highest BCUT2D eigenvalue weighted by Gasteiger charge is 2.20. The van der Waals surface area contributed by atoms with Crippen LogP contribution in [0.2, 0.25) is 0 Å². The molecule has 7 heteroatoms. The van der Waals surface area contributed by atoms with E-state index in [1.807, 2.05) is 6.07 Å². The second kappa shape index (κ2) is 6.66. The highest BCUT2D eigenvalue weighted by molar-refractivity contribution is 5.69. The molecule has 126 valence electrons. The number of rotatable bonds is 5. The lowest BCUT2D eigenvalue weighted by Gasteiger charge is -2.07. The quantitative estimate of drug-likeness (QED) is 0.778. The van der Waals surface area contributed by atoms with Crippen molar-refractivity contribution in [3.63, 3.8) is 0 Å². The van der Waals surface area contributed by atoms with Gasteiger partial charge in [0, 0.05) is 30.5 Å². The van der Waals surface area contributed by atoms with Gasteiger partial charge in [0.15, 0.2) is 11.5 Å². The summed E-state index contributed by atoms with van der Waals surface area (Å²) in [6.45, 7) is 2.89. The molecule has 0 saturated carbocycles. The topological polar surface area (TPSA) is 84.2 Å². The third kappa shape index (κ3) is 3.34. The molecule has 0 radical (unpaired) electrons. The Morgan fingerprint density at radius 3 is 2.50 bits per heavy atom. The standard InChI is InChI=1S/C17H16O7/c1-10(18)20-6-13-7-22-17(14(13)8-21-11(2)19)12-3-4-15-16(5-12)24-9-23-15/h3-5,7H,6,8-9H2,1-2H3. The second-order valence-corrected chi connectivity index (χ2v) is 5.20. The predicted octanol–water partition coefficient (Wildman–Crippen LogP) is 2.80. The average Bonchev–Trinajstić information content (AvgIpc) is 3.16. The molecule has 0 aliphatic carbocycles. The van der Waals surface area contributed by atoms with Gasteiger partial charge in [-0.3, -0.25) is 9.59 Å². The van der Waals surface area contributed by atoms with E-state index < -0.39 is 11.9 Å². The van der Waals surface area contributed by atoms with Crippen LogP contribution in [0.3, 0.4) is 0 Å².